The normalized spacial score (nSPS) is 16.9. The maximum Gasteiger partial charge on any atom is 0.435 e. The molecule has 6 heterocycles. The van der Waals surface area contributed by atoms with E-state index in [1.165, 1.54) is 4.68 Å². The van der Waals surface area contributed by atoms with Crippen LogP contribution in [-0.2, 0) is 13.9 Å². The van der Waals surface area contributed by atoms with Crippen LogP contribution in [-0.4, -0.2) is 92.9 Å². The molecule has 0 saturated heterocycles. The van der Waals surface area contributed by atoms with Gasteiger partial charge in [0.15, 0.2) is 42.9 Å². The minimum atomic E-state index is -1.92. The molecule has 0 aliphatic carbocycles. The van der Waals surface area contributed by atoms with Gasteiger partial charge in [-0.3, -0.25) is 5.10 Å². The fourth-order valence-corrected chi connectivity index (χ4v) is 11.7. The first-order valence-corrected chi connectivity index (χ1v) is 33.0. The molecule has 25 heteroatoms. The van der Waals surface area contributed by atoms with E-state index < -0.39 is 49.5 Å². The first-order chi connectivity index (χ1) is 43.7. The zero-order chi connectivity index (χ0) is 68.8. The maximum absolute atomic E-state index is 13.1. The molecule has 3 aromatic carbocycles. The molecule has 3 aliphatic rings. The molecule has 482 valence electrons. The molecule has 0 radical (unpaired) electrons. The molecular weight excluding hydrogens is 1190 g/mol. The number of anilines is 3. The number of ether oxygens (including phenoxy) is 2. The van der Waals surface area contributed by atoms with E-state index in [1.807, 2.05) is 92.6 Å². The number of nitrogens with zero attached hydrogens (tertiary/aromatic N) is 11. The number of hydrogen-bond acceptors (Lipinski definition) is 18. The predicted octanol–water partition coefficient (Wildman–Crippen LogP) is 13.5. The van der Waals surface area contributed by atoms with E-state index in [2.05, 4.69) is 114 Å². The molecule has 3 unspecified atom stereocenters. The molecule has 0 bridgehead atoms. The SMILES string of the molecule is [C-]#[N+]C1=C(C)NC(C)=C(C#N)C1c1ccc2[nH]nc(NCCO)c2c1.[C-]#[N+]C1=C(C)NC(C)=C(C#N)C1c1ccc2c(c1)c(N)nn2C(=O)OC(C)(C)C.[C-]#[N+]C1=C(C)NC(C)=C(C#N)C1c1ccc2c(c1)c(NCCO[Si](C)(C)C(C)(C)C)nn2C(=O)OC(C)(C)C. The average Bonchev–Trinajstić information content (AvgIpc) is 1.75. The van der Waals surface area contributed by atoms with Gasteiger partial charge in [0.05, 0.1) is 102 Å². The Bertz CT molecular complexity index is 4340. The quantitative estimate of drug-likeness (QED) is 0.0339. The number of aliphatic hydroxyl groups is 1. The van der Waals surface area contributed by atoms with Crippen molar-refractivity contribution in [1.29, 1.82) is 15.8 Å². The molecule has 6 aromatic rings. The smallest absolute Gasteiger partial charge is 0.435 e. The number of H-pyrrole nitrogens is 1. The number of carbonyl (C=O) groups is 2. The summed E-state index contributed by atoms with van der Waals surface area (Å²) in [6, 6.07) is 23.3. The van der Waals surface area contributed by atoms with Crippen molar-refractivity contribution < 1.29 is 28.6 Å². The van der Waals surface area contributed by atoms with Gasteiger partial charge in [-0.15, -0.1) is 10.2 Å². The largest absolute Gasteiger partial charge is 0.442 e. The second-order valence-corrected chi connectivity index (χ2v) is 30.9. The van der Waals surface area contributed by atoms with Crippen molar-refractivity contribution in [2.45, 2.75) is 151 Å². The van der Waals surface area contributed by atoms with Crippen LogP contribution in [0.1, 0.15) is 138 Å². The lowest BCUT2D eigenvalue weighted by Gasteiger charge is -2.36. The number of benzene rings is 3. The number of aromatic nitrogens is 6. The minimum absolute atomic E-state index is 0.00660. The Labute approximate surface area is 543 Å². The third-order valence-corrected chi connectivity index (χ3v) is 20.7. The van der Waals surface area contributed by atoms with Crippen molar-refractivity contribution >= 4 is 70.7 Å². The molecule has 0 saturated carbocycles. The summed E-state index contributed by atoms with van der Waals surface area (Å²) in [6.45, 7) is 57.0. The molecule has 0 fully saturated rings. The average molecular weight is 1270 g/mol. The zero-order valence-corrected chi connectivity index (χ0v) is 56.7. The van der Waals surface area contributed by atoms with Gasteiger partial charge in [0.2, 0.25) is 0 Å². The summed E-state index contributed by atoms with van der Waals surface area (Å²) in [7, 11) is -1.92. The summed E-state index contributed by atoms with van der Waals surface area (Å²) in [6.07, 6.45) is -1.21. The predicted molar refractivity (Wildman–Crippen MR) is 361 cm³/mol. The van der Waals surface area contributed by atoms with Gasteiger partial charge in [-0.1, -0.05) is 39.0 Å². The fraction of sp³-hybridized carbons (Fsp3) is 0.397. The summed E-state index contributed by atoms with van der Waals surface area (Å²) < 4.78 is 19.7. The lowest BCUT2D eigenvalue weighted by Crippen LogP contribution is -2.41. The van der Waals surface area contributed by atoms with Gasteiger partial charge in [0.25, 0.3) is 0 Å². The third kappa shape index (κ3) is 15.1. The molecule has 9 rings (SSSR count). The topological polar surface area (TPSA) is 317 Å². The molecule has 3 aliphatic heterocycles. The second kappa shape index (κ2) is 27.8. The van der Waals surface area contributed by atoms with Crippen molar-refractivity contribution in [2.24, 2.45) is 0 Å². The number of nitrogens with one attached hydrogen (secondary N) is 6. The van der Waals surface area contributed by atoms with E-state index >= 15 is 0 Å². The van der Waals surface area contributed by atoms with Crippen LogP contribution in [0.3, 0.4) is 0 Å². The summed E-state index contributed by atoms with van der Waals surface area (Å²) in [4.78, 5) is 36.6. The Morgan fingerprint density at radius 3 is 1.42 bits per heavy atom. The Morgan fingerprint density at radius 1 is 0.613 bits per heavy atom. The molecule has 9 N–H and O–H groups in total. The van der Waals surface area contributed by atoms with Gasteiger partial charge in [-0.2, -0.15) is 30.2 Å². The van der Waals surface area contributed by atoms with Gasteiger partial charge >= 0.3 is 12.2 Å². The van der Waals surface area contributed by atoms with Crippen molar-refractivity contribution in [3.05, 3.63) is 174 Å². The van der Waals surface area contributed by atoms with E-state index in [-0.39, 0.29) is 17.5 Å². The highest BCUT2D eigenvalue weighted by Crippen LogP contribution is 2.44. The summed E-state index contributed by atoms with van der Waals surface area (Å²) >= 11 is 0. The van der Waals surface area contributed by atoms with Crippen LogP contribution in [0, 0.1) is 53.7 Å². The number of hydrogen-bond donors (Lipinski definition) is 8. The maximum atomic E-state index is 13.1. The standard InChI is InChI=1S/C29H40N6O3Si.C21H22N6O2.C18H18N6O/c1-18-22(17-30)24(25(31-9)19(2)33-18)20-12-13-23-21(16-20)26(34-35(23)27(36)38-28(3,4)5)32-14-15-37-39(10,11)29(6,7)8;1-11-15(10-22)17(18(24-6)12(2)25-11)13-7-8-16-14(9-13)19(23)26-27(16)20(28)29-21(3,4)5;1-10-14(9-19)16(17(20-3)11(2)22-10)12-4-5-15-13(8-12)18(24-23-15)21-6-7-25/h12-13,16,24,33H,14-15H2,1-8,10-11H3,(H,32,34);7-9,17,25H,1-5H3,(H2,23,26);4-5,8,16,22,25H,6-7H2,1-2H3,(H2,21,23,24). The number of fused-ring (bicyclic) bond motifs is 3. The Morgan fingerprint density at radius 2 is 1.01 bits per heavy atom. The lowest BCUT2D eigenvalue weighted by molar-refractivity contribution is 0.0512. The van der Waals surface area contributed by atoms with Crippen molar-refractivity contribution in [3.8, 4) is 18.2 Å². The van der Waals surface area contributed by atoms with Gasteiger partial charge in [0, 0.05) is 63.4 Å². The number of dihydropyridines is 3. The Kier molecular flexibility index (Phi) is 20.9. The number of aliphatic hydroxyl groups excluding tert-OH is 1. The molecule has 0 amide bonds. The van der Waals surface area contributed by atoms with Crippen molar-refractivity contribution in [2.75, 3.05) is 42.7 Å². The lowest BCUT2D eigenvalue weighted by atomic mass is 9.84. The van der Waals surface area contributed by atoms with Crippen molar-refractivity contribution in [1.82, 2.24) is 45.7 Å². The third-order valence-electron chi connectivity index (χ3n) is 16.1. The Hall–Kier alpha value is -10.7. The second-order valence-electron chi connectivity index (χ2n) is 26.1. The van der Waals surface area contributed by atoms with Crippen LogP contribution >= 0.6 is 0 Å². The van der Waals surface area contributed by atoms with Crippen LogP contribution in [0.4, 0.5) is 27.0 Å². The van der Waals surface area contributed by atoms with E-state index in [9.17, 15) is 25.4 Å². The van der Waals surface area contributed by atoms with Gasteiger partial charge in [-0.05, 0) is 154 Å². The highest BCUT2D eigenvalue weighted by molar-refractivity contribution is 6.74. The Balaban J connectivity index is 0.000000203. The van der Waals surface area contributed by atoms with E-state index in [0.717, 1.165) is 55.1 Å². The van der Waals surface area contributed by atoms with E-state index in [1.54, 1.807) is 45.0 Å². The zero-order valence-electron chi connectivity index (χ0n) is 55.7. The minimum Gasteiger partial charge on any atom is -0.442 e. The van der Waals surface area contributed by atoms with Crippen molar-refractivity contribution in [3.63, 3.8) is 0 Å². The number of aromatic amines is 1. The first-order valence-electron chi connectivity index (χ1n) is 30.0. The number of nitriles is 3. The summed E-state index contributed by atoms with van der Waals surface area (Å²) in [5, 5.41) is 72.0. The molecule has 3 atom stereocenters. The molecular formula is C68H80N18O6Si. The number of nitrogens with two attached hydrogens (primary N) is 1. The fourth-order valence-electron chi connectivity index (χ4n) is 10.7. The van der Waals surface area contributed by atoms with Crippen LogP contribution in [0.25, 0.3) is 47.2 Å². The van der Waals surface area contributed by atoms with Gasteiger partial charge < -0.3 is 51.3 Å². The van der Waals surface area contributed by atoms with Gasteiger partial charge in [0.1, 0.15) is 11.2 Å². The van der Waals surface area contributed by atoms with E-state index in [0.29, 0.717) is 98.3 Å². The van der Waals surface area contributed by atoms with Gasteiger partial charge in [-0.25, -0.2) is 24.1 Å². The first kappa shape index (κ1) is 69.8. The number of carbonyl (C=O) groups excluding carboxylic acids is 2. The summed E-state index contributed by atoms with van der Waals surface area (Å²) in [5.74, 6) is -0.0938. The van der Waals surface area contributed by atoms with Crippen LogP contribution in [0.5, 0.6) is 0 Å². The highest BCUT2D eigenvalue weighted by atomic mass is 28.4. The number of allylic oxidation sites excluding steroid dienone is 9. The van der Waals surface area contributed by atoms with Crippen LogP contribution in [0.2, 0.25) is 18.1 Å². The molecule has 0 spiro atoms. The van der Waals surface area contributed by atoms with E-state index in [4.69, 9.17) is 44.5 Å². The van der Waals surface area contributed by atoms with Crippen LogP contribution in [0.15, 0.2) is 123 Å². The molecule has 93 heavy (non-hydrogen) atoms. The summed E-state index contributed by atoms with van der Waals surface area (Å²) in [5.41, 5.74) is 16.3. The molecule has 24 nitrogen and oxygen atoms in total. The number of nitrogen functional groups attached to an aromatic ring is 1. The monoisotopic (exact) mass is 1270 g/mol. The highest BCUT2D eigenvalue weighted by Gasteiger charge is 2.38. The molecule has 3 aromatic heterocycles. The van der Waals surface area contributed by atoms with Crippen LogP contribution < -0.4 is 32.3 Å². The number of rotatable bonds is 11.